The molecule has 2 N–H and O–H groups in total. The molecule has 1 fully saturated rings. The molecule has 1 heterocycles. The standard InChI is InChI=1S/C13H21NOS/c1-10-6-7-13(16-10)11(9-15)8-14-12-4-2-3-5-12/h6-7,11-12,14-15H,2-5,8-9H2,1H3. The average molecular weight is 239 g/mol. The number of nitrogens with one attached hydrogen (secondary N) is 1. The van der Waals surface area contributed by atoms with Crippen molar-refractivity contribution in [1.29, 1.82) is 0 Å². The lowest BCUT2D eigenvalue weighted by Gasteiger charge is -2.17. The molecule has 1 atom stereocenters. The van der Waals surface area contributed by atoms with Crippen LogP contribution in [0.25, 0.3) is 0 Å². The van der Waals surface area contributed by atoms with Crippen LogP contribution in [-0.2, 0) is 0 Å². The molecule has 0 amide bonds. The predicted octanol–water partition coefficient (Wildman–Crippen LogP) is 2.66. The molecule has 2 rings (SSSR count). The van der Waals surface area contributed by atoms with Crippen LogP contribution >= 0.6 is 11.3 Å². The van der Waals surface area contributed by atoms with Crippen molar-refractivity contribution in [2.45, 2.75) is 44.6 Å². The van der Waals surface area contributed by atoms with Gasteiger partial charge in [-0.05, 0) is 31.9 Å². The molecule has 3 heteroatoms. The van der Waals surface area contributed by atoms with Crippen molar-refractivity contribution in [2.24, 2.45) is 0 Å². The minimum absolute atomic E-state index is 0.250. The van der Waals surface area contributed by atoms with E-state index in [0.29, 0.717) is 6.04 Å². The second-order valence-corrected chi connectivity index (χ2v) is 6.04. The first-order valence-electron chi connectivity index (χ1n) is 6.20. The molecule has 2 nitrogen and oxygen atoms in total. The molecule has 0 bridgehead atoms. The van der Waals surface area contributed by atoms with Crippen LogP contribution in [-0.4, -0.2) is 24.3 Å². The van der Waals surface area contributed by atoms with Gasteiger partial charge < -0.3 is 10.4 Å². The van der Waals surface area contributed by atoms with E-state index in [-0.39, 0.29) is 12.5 Å². The number of thiophene rings is 1. The Bertz CT molecular complexity index is 317. The molecule has 0 aromatic carbocycles. The third-order valence-corrected chi connectivity index (χ3v) is 4.56. The summed E-state index contributed by atoms with van der Waals surface area (Å²) in [5, 5.41) is 13.0. The van der Waals surface area contributed by atoms with Crippen LogP contribution in [0.2, 0.25) is 0 Å². The summed E-state index contributed by atoms with van der Waals surface area (Å²) < 4.78 is 0. The maximum Gasteiger partial charge on any atom is 0.0519 e. The second-order valence-electron chi connectivity index (χ2n) is 4.72. The maximum absolute atomic E-state index is 9.43. The van der Waals surface area contributed by atoms with Crippen LogP contribution in [0.15, 0.2) is 12.1 Å². The zero-order valence-corrected chi connectivity index (χ0v) is 10.7. The molecular formula is C13H21NOS. The Labute approximate surface area is 102 Å². The summed E-state index contributed by atoms with van der Waals surface area (Å²) in [6.07, 6.45) is 5.34. The summed E-state index contributed by atoms with van der Waals surface area (Å²) in [7, 11) is 0. The van der Waals surface area contributed by atoms with E-state index in [9.17, 15) is 5.11 Å². The van der Waals surface area contributed by atoms with Crippen molar-refractivity contribution in [2.75, 3.05) is 13.2 Å². The smallest absolute Gasteiger partial charge is 0.0519 e. The van der Waals surface area contributed by atoms with Gasteiger partial charge in [0, 0.05) is 28.3 Å². The van der Waals surface area contributed by atoms with E-state index in [1.54, 1.807) is 11.3 Å². The van der Waals surface area contributed by atoms with Crippen molar-refractivity contribution in [3.8, 4) is 0 Å². The molecular weight excluding hydrogens is 218 g/mol. The van der Waals surface area contributed by atoms with Gasteiger partial charge >= 0.3 is 0 Å². The Morgan fingerprint density at radius 1 is 1.44 bits per heavy atom. The van der Waals surface area contributed by atoms with Gasteiger partial charge in [0.25, 0.3) is 0 Å². The van der Waals surface area contributed by atoms with E-state index >= 15 is 0 Å². The number of hydrogen-bond donors (Lipinski definition) is 2. The lowest BCUT2D eigenvalue weighted by molar-refractivity contribution is 0.260. The number of hydrogen-bond acceptors (Lipinski definition) is 3. The molecule has 1 saturated carbocycles. The first-order valence-corrected chi connectivity index (χ1v) is 7.02. The molecule has 1 aromatic heterocycles. The zero-order valence-electron chi connectivity index (χ0n) is 9.91. The van der Waals surface area contributed by atoms with Crippen LogP contribution < -0.4 is 5.32 Å². The largest absolute Gasteiger partial charge is 0.396 e. The summed E-state index contributed by atoms with van der Waals surface area (Å²) in [6, 6.07) is 4.98. The molecule has 1 aromatic rings. The summed E-state index contributed by atoms with van der Waals surface area (Å²) in [5.41, 5.74) is 0. The van der Waals surface area contributed by atoms with Crippen molar-refractivity contribution in [1.82, 2.24) is 5.32 Å². The molecule has 90 valence electrons. The van der Waals surface area contributed by atoms with E-state index in [0.717, 1.165) is 6.54 Å². The fourth-order valence-electron chi connectivity index (χ4n) is 2.37. The van der Waals surface area contributed by atoms with E-state index in [2.05, 4.69) is 24.4 Å². The van der Waals surface area contributed by atoms with Crippen molar-refractivity contribution < 1.29 is 5.11 Å². The van der Waals surface area contributed by atoms with Crippen LogP contribution in [0, 0.1) is 6.92 Å². The fraction of sp³-hybridized carbons (Fsp3) is 0.692. The van der Waals surface area contributed by atoms with Crippen LogP contribution in [0.3, 0.4) is 0 Å². The minimum Gasteiger partial charge on any atom is -0.396 e. The Hall–Kier alpha value is -0.380. The first kappa shape index (κ1) is 12.1. The van der Waals surface area contributed by atoms with E-state index in [1.807, 2.05) is 0 Å². The topological polar surface area (TPSA) is 32.3 Å². The van der Waals surface area contributed by atoms with Gasteiger partial charge in [-0.25, -0.2) is 0 Å². The highest BCUT2D eigenvalue weighted by Crippen LogP contribution is 2.25. The Morgan fingerprint density at radius 2 is 2.19 bits per heavy atom. The molecule has 0 spiro atoms. The monoisotopic (exact) mass is 239 g/mol. The van der Waals surface area contributed by atoms with Crippen LogP contribution in [0.4, 0.5) is 0 Å². The number of rotatable bonds is 5. The highest BCUT2D eigenvalue weighted by atomic mass is 32.1. The van der Waals surface area contributed by atoms with Gasteiger partial charge in [-0.1, -0.05) is 12.8 Å². The van der Waals surface area contributed by atoms with Crippen molar-refractivity contribution in [3.63, 3.8) is 0 Å². The quantitative estimate of drug-likeness (QED) is 0.828. The van der Waals surface area contributed by atoms with Gasteiger partial charge in [-0.3, -0.25) is 0 Å². The molecule has 1 aliphatic carbocycles. The molecule has 16 heavy (non-hydrogen) atoms. The summed E-state index contributed by atoms with van der Waals surface area (Å²) in [4.78, 5) is 2.64. The molecule has 1 aliphatic rings. The van der Waals surface area contributed by atoms with Gasteiger partial charge in [-0.15, -0.1) is 11.3 Å². The summed E-state index contributed by atoms with van der Waals surface area (Å²) >= 11 is 1.80. The van der Waals surface area contributed by atoms with Gasteiger partial charge in [0.2, 0.25) is 0 Å². The lowest BCUT2D eigenvalue weighted by Crippen LogP contribution is -2.31. The van der Waals surface area contributed by atoms with E-state index < -0.39 is 0 Å². The number of aliphatic hydroxyl groups excluding tert-OH is 1. The Kier molecular flexibility index (Phi) is 4.38. The van der Waals surface area contributed by atoms with Crippen LogP contribution in [0.1, 0.15) is 41.4 Å². The fourth-order valence-corrected chi connectivity index (χ4v) is 3.34. The SMILES string of the molecule is Cc1ccc(C(CO)CNC2CCCC2)s1. The summed E-state index contributed by atoms with van der Waals surface area (Å²) in [5.74, 6) is 0.277. The van der Waals surface area contributed by atoms with E-state index in [4.69, 9.17) is 0 Å². The Morgan fingerprint density at radius 3 is 2.75 bits per heavy atom. The van der Waals surface area contributed by atoms with Crippen molar-refractivity contribution in [3.05, 3.63) is 21.9 Å². The molecule has 0 radical (unpaired) electrons. The van der Waals surface area contributed by atoms with Crippen LogP contribution in [0.5, 0.6) is 0 Å². The van der Waals surface area contributed by atoms with Gasteiger partial charge in [0.1, 0.15) is 0 Å². The van der Waals surface area contributed by atoms with Gasteiger partial charge in [0.05, 0.1) is 6.61 Å². The van der Waals surface area contributed by atoms with E-state index in [1.165, 1.54) is 35.4 Å². The highest BCUT2D eigenvalue weighted by Gasteiger charge is 2.17. The maximum atomic E-state index is 9.43. The third-order valence-electron chi connectivity index (χ3n) is 3.39. The number of aryl methyl sites for hydroxylation is 1. The zero-order chi connectivity index (χ0) is 11.4. The van der Waals surface area contributed by atoms with Gasteiger partial charge in [0.15, 0.2) is 0 Å². The third kappa shape index (κ3) is 3.06. The minimum atomic E-state index is 0.250. The lowest BCUT2D eigenvalue weighted by atomic mass is 10.1. The normalized spacial score (nSPS) is 19.1. The molecule has 0 aliphatic heterocycles. The number of aliphatic hydroxyl groups is 1. The first-order chi connectivity index (χ1) is 7.79. The molecule has 1 unspecified atom stereocenters. The predicted molar refractivity (Wildman–Crippen MR) is 69.1 cm³/mol. The second kappa shape index (κ2) is 5.80. The Balaban J connectivity index is 1.85. The average Bonchev–Trinajstić information content (AvgIpc) is 2.91. The highest BCUT2D eigenvalue weighted by molar-refractivity contribution is 7.12. The van der Waals surface area contributed by atoms with Crippen molar-refractivity contribution >= 4 is 11.3 Å². The van der Waals surface area contributed by atoms with Gasteiger partial charge in [-0.2, -0.15) is 0 Å². The molecule has 0 saturated heterocycles. The summed E-state index contributed by atoms with van der Waals surface area (Å²) in [6.45, 7) is 3.29.